The van der Waals surface area contributed by atoms with E-state index in [1.54, 1.807) is 11.0 Å². The van der Waals surface area contributed by atoms with E-state index in [9.17, 15) is 9.59 Å². The van der Waals surface area contributed by atoms with Crippen LogP contribution in [0, 0.1) is 5.92 Å². The third kappa shape index (κ3) is 7.15. The predicted octanol–water partition coefficient (Wildman–Crippen LogP) is 3.85. The zero-order valence-corrected chi connectivity index (χ0v) is 15.2. The lowest BCUT2D eigenvalue weighted by molar-refractivity contribution is -0.138. The first kappa shape index (κ1) is 20.2. The van der Waals surface area contributed by atoms with Gasteiger partial charge in [-0.1, -0.05) is 51.6 Å². The molecule has 1 heterocycles. The Bertz CT molecular complexity index is 474. The van der Waals surface area contributed by atoms with Gasteiger partial charge >= 0.3 is 0 Å². The van der Waals surface area contributed by atoms with Gasteiger partial charge in [-0.25, -0.2) is 0 Å². The quantitative estimate of drug-likeness (QED) is 0.588. The third-order valence-electron chi connectivity index (χ3n) is 4.13. The minimum Gasteiger partial charge on any atom is -0.363 e. The average Bonchev–Trinajstić information content (AvgIpc) is 3.07. The predicted molar refractivity (Wildman–Crippen MR) is 94.5 cm³/mol. The van der Waals surface area contributed by atoms with Crippen LogP contribution in [0.25, 0.3) is 0 Å². The van der Waals surface area contributed by atoms with E-state index in [-0.39, 0.29) is 24.3 Å². The van der Waals surface area contributed by atoms with Crippen LogP contribution in [0.15, 0.2) is 16.9 Å². The molecule has 0 aromatic carbocycles. The maximum atomic E-state index is 12.8. The number of amides is 2. The van der Waals surface area contributed by atoms with Crippen molar-refractivity contribution in [1.82, 2.24) is 10.1 Å². The smallest absolute Gasteiger partial charge is 0.245 e. The van der Waals surface area contributed by atoms with Crippen LogP contribution in [0.1, 0.15) is 65.7 Å². The molecule has 1 N–H and O–H groups in total. The van der Waals surface area contributed by atoms with Crippen molar-refractivity contribution in [2.24, 2.45) is 5.92 Å². The summed E-state index contributed by atoms with van der Waals surface area (Å²) in [5.74, 6) is 0.238. The summed E-state index contributed by atoms with van der Waals surface area (Å²) in [6, 6.07) is 1.58. The first-order valence-corrected chi connectivity index (χ1v) is 9.11. The molecule has 24 heavy (non-hydrogen) atoms. The number of carbonyl (C=O) groups is 2. The van der Waals surface area contributed by atoms with Crippen molar-refractivity contribution in [3.8, 4) is 0 Å². The summed E-state index contributed by atoms with van der Waals surface area (Å²) in [5.41, 5.74) is 0. The molecule has 0 fully saturated rings. The first-order chi connectivity index (χ1) is 11.6. The lowest BCUT2D eigenvalue weighted by atomic mass is 9.97. The van der Waals surface area contributed by atoms with Gasteiger partial charge in [0.25, 0.3) is 0 Å². The Morgan fingerprint density at radius 3 is 2.54 bits per heavy atom. The molecule has 1 unspecified atom stereocenters. The summed E-state index contributed by atoms with van der Waals surface area (Å²) < 4.78 is 4.70. The molecule has 0 saturated carbocycles. The van der Waals surface area contributed by atoms with Crippen molar-refractivity contribution in [2.45, 2.75) is 65.7 Å². The molecule has 1 atom stereocenters. The molecule has 0 bridgehead atoms. The Balaban J connectivity index is 2.66. The van der Waals surface area contributed by atoms with Crippen LogP contribution in [-0.4, -0.2) is 35.0 Å². The topological polar surface area (TPSA) is 75.4 Å². The van der Waals surface area contributed by atoms with Gasteiger partial charge in [-0.05, 0) is 19.3 Å². The summed E-state index contributed by atoms with van der Waals surface area (Å²) in [6.45, 7) is 6.98. The maximum absolute atomic E-state index is 12.8. The van der Waals surface area contributed by atoms with Crippen molar-refractivity contribution in [3.63, 3.8) is 0 Å². The molecule has 0 radical (unpaired) electrons. The highest BCUT2D eigenvalue weighted by atomic mass is 16.5. The van der Waals surface area contributed by atoms with E-state index < -0.39 is 0 Å². The van der Waals surface area contributed by atoms with Crippen LogP contribution in [0.2, 0.25) is 0 Å². The standard InChI is InChI=1S/C18H31N3O3/c1-4-7-9-12-21(18(23)15(6-3)10-8-5-2)14-17(22)19-16-11-13-24-20-16/h11,13,15H,4-10,12,14H2,1-3H3,(H,19,20,22). The monoisotopic (exact) mass is 337 g/mol. The largest absolute Gasteiger partial charge is 0.363 e. The van der Waals surface area contributed by atoms with Crippen LogP contribution in [-0.2, 0) is 9.59 Å². The van der Waals surface area contributed by atoms with Crippen molar-refractivity contribution >= 4 is 17.6 Å². The van der Waals surface area contributed by atoms with Gasteiger partial charge < -0.3 is 14.7 Å². The van der Waals surface area contributed by atoms with Gasteiger partial charge in [0.1, 0.15) is 6.26 Å². The van der Waals surface area contributed by atoms with Crippen LogP contribution in [0.5, 0.6) is 0 Å². The summed E-state index contributed by atoms with van der Waals surface area (Å²) in [4.78, 5) is 26.7. The van der Waals surface area contributed by atoms with Crippen LogP contribution >= 0.6 is 0 Å². The zero-order valence-electron chi connectivity index (χ0n) is 15.2. The highest BCUT2D eigenvalue weighted by Crippen LogP contribution is 2.17. The van der Waals surface area contributed by atoms with Gasteiger partial charge in [-0.2, -0.15) is 0 Å². The molecule has 0 aliphatic carbocycles. The second-order valence-electron chi connectivity index (χ2n) is 6.15. The Morgan fingerprint density at radius 2 is 1.96 bits per heavy atom. The summed E-state index contributed by atoms with van der Waals surface area (Å²) in [6.07, 6.45) is 8.28. The number of carbonyl (C=O) groups excluding carboxylic acids is 2. The number of hydrogen-bond donors (Lipinski definition) is 1. The van der Waals surface area contributed by atoms with Crippen molar-refractivity contribution in [3.05, 3.63) is 12.3 Å². The molecular weight excluding hydrogens is 306 g/mol. The zero-order chi connectivity index (χ0) is 17.8. The Morgan fingerprint density at radius 1 is 1.21 bits per heavy atom. The lowest BCUT2D eigenvalue weighted by Crippen LogP contribution is -2.42. The number of anilines is 1. The van der Waals surface area contributed by atoms with Gasteiger partial charge in [0, 0.05) is 18.5 Å². The van der Waals surface area contributed by atoms with E-state index >= 15 is 0 Å². The molecule has 0 spiro atoms. The second kappa shape index (κ2) is 11.6. The molecule has 1 aromatic heterocycles. The Labute approximate surface area is 145 Å². The third-order valence-corrected chi connectivity index (χ3v) is 4.13. The summed E-state index contributed by atoms with van der Waals surface area (Å²) in [7, 11) is 0. The van der Waals surface area contributed by atoms with Crippen LogP contribution in [0.4, 0.5) is 5.82 Å². The van der Waals surface area contributed by atoms with E-state index in [0.717, 1.165) is 44.9 Å². The van der Waals surface area contributed by atoms with E-state index in [1.807, 2.05) is 6.92 Å². The molecule has 0 saturated heterocycles. The number of hydrogen-bond acceptors (Lipinski definition) is 4. The van der Waals surface area contributed by atoms with E-state index in [0.29, 0.717) is 12.4 Å². The molecular formula is C18H31N3O3. The SMILES string of the molecule is CCCCCN(CC(=O)Nc1ccon1)C(=O)C(CC)CCCC. The number of nitrogens with one attached hydrogen (secondary N) is 1. The van der Waals surface area contributed by atoms with E-state index in [4.69, 9.17) is 4.52 Å². The molecule has 6 nitrogen and oxygen atoms in total. The van der Waals surface area contributed by atoms with Gasteiger partial charge in [0.05, 0.1) is 6.54 Å². The Kier molecular flexibility index (Phi) is 9.80. The van der Waals surface area contributed by atoms with Crippen molar-refractivity contribution in [2.75, 3.05) is 18.4 Å². The van der Waals surface area contributed by atoms with Gasteiger partial charge in [-0.15, -0.1) is 0 Å². The number of unbranched alkanes of at least 4 members (excludes halogenated alkanes) is 3. The van der Waals surface area contributed by atoms with E-state index in [2.05, 4.69) is 24.3 Å². The molecule has 1 rings (SSSR count). The minimum absolute atomic E-state index is 0.00595. The highest BCUT2D eigenvalue weighted by molar-refractivity contribution is 5.94. The molecule has 0 aliphatic heterocycles. The summed E-state index contributed by atoms with van der Waals surface area (Å²) in [5, 5.41) is 6.33. The van der Waals surface area contributed by atoms with Crippen molar-refractivity contribution < 1.29 is 14.1 Å². The summed E-state index contributed by atoms with van der Waals surface area (Å²) >= 11 is 0. The van der Waals surface area contributed by atoms with Gasteiger partial charge in [-0.3, -0.25) is 9.59 Å². The van der Waals surface area contributed by atoms with Crippen LogP contribution < -0.4 is 5.32 Å². The Hall–Kier alpha value is -1.85. The lowest BCUT2D eigenvalue weighted by Gasteiger charge is -2.26. The minimum atomic E-state index is -0.237. The van der Waals surface area contributed by atoms with Crippen molar-refractivity contribution in [1.29, 1.82) is 0 Å². The highest BCUT2D eigenvalue weighted by Gasteiger charge is 2.24. The fourth-order valence-corrected chi connectivity index (χ4v) is 2.66. The molecule has 136 valence electrons. The number of aromatic nitrogens is 1. The fraction of sp³-hybridized carbons (Fsp3) is 0.722. The molecule has 6 heteroatoms. The number of nitrogens with zero attached hydrogens (tertiary/aromatic N) is 2. The van der Waals surface area contributed by atoms with E-state index in [1.165, 1.54) is 6.26 Å². The van der Waals surface area contributed by atoms with Crippen LogP contribution in [0.3, 0.4) is 0 Å². The van der Waals surface area contributed by atoms with Gasteiger partial charge in [0.15, 0.2) is 5.82 Å². The molecule has 0 aliphatic rings. The normalized spacial score (nSPS) is 12.0. The first-order valence-electron chi connectivity index (χ1n) is 9.11. The fourth-order valence-electron chi connectivity index (χ4n) is 2.66. The maximum Gasteiger partial charge on any atom is 0.245 e. The molecule has 1 aromatic rings. The van der Waals surface area contributed by atoms with Gasteiger partial charge in [0.2, 0.25) is 11.8 Å². The average molecular weight is 337 g/mol. The molecule has 2 amide bonds. The number of rotatable bonds is 12. The second-order valence-corrected chi connectivity index (χ2v) is 6.15.